The van der Waals surface area contributed by atoms with Gasteiger partial charge in [-0.25, -0.2) is 8.78 Å². The predicted octanol–water partition coefficient (Wildman–Crippen LogP) is 8.10. The standard InChI is InChI=1S/C24H25ClF4O/c1-2-3-4-5-17-12-16-7-6-15-13-19(14-8-10-18(25)11-9-14)21(26)22(27)20(15)23(16)30-24(17,28)29/h8-11,13,16-17,23H,2-7,12H2,1H3. The third-order valence-electron chi connectivity index (χ3n) is 6.49. The molecular weight excluding hydrogens is 416 g/mol. The van der Waals surface area contributed by atoms with Crippen LogP contribution < -0.4 is 0 Å². The molecule has 4 rings (SSSR count). The lowest BCUT2D eigenvalue weighted by molar-refractivity contribution is -0.332. The Morgan fingerprint density at radius 3 is 2.53 bits per heavy atom. The first kappa shape index (κ1) is 21.6. The molecule has 30 heavy (non-hydrogen) atoms. The first-order valence-electron chi connectivity index (χ1n) is 10.6. The summed E-state index contributed by atoms with van der Waals surface area (Å²) in [6.07, 6.45) is -0.0449. The lowest BCUT2D eigenvalue weighted by Crippen LogP contribution is -2.44. The second-order valence-corrected chi connectivity index (χ2v) is 8.90. The van der Waals surface area contributed by atoms with Crippen molar-refractivity contribution >= 4 is 11.6 Å². The number of rotatable bonds is 5. The molecule has 1 heterocycles. The number of halogens is 5. The highest BCUT2D eigenvalue weighted by molar-refractivity contribution is 6.30. The van der Waals surface area contributed by atoms with E-state index in [0.717, 1.165) is 19.3 Å². The highest BCUT2D eigenvalue weighted by Gasteiger charge is 2.52. The maximum Gasteiger partial charge on any atom is 0.359 e. The van der Waals surface area contributed by atoms with Crippen molar-refractivity contribution in [3.63, 3.8) is 0 Å². The molecule has 3 unspecified atom stereocenters. The molecule has 162 valence electrons. The molecule has 1 aliphatic heterocycles. The Balaban J connectivity index is 1.66. The minimum atomic E-state index is -3.33. The molecule has 0 radical (unpaired) electrons. The molecule has 1 saturated heterocycles. The average Bonchev–Trinajstić information content (AvgIpc) is 2.71. The molecule has 0 aromatic heterocycles. The van der Waals surface area contributed by atoms with Crippen LogP contribution in [0.2, 0.25) is 5.02 Å². The van der Waals surface area contributed by atoms with Crippen molar-refractivity contribution in [2.24, 2.45) is 11.8 Å². The van der Waals surface area contributed by atoms with E-state index in [1.165, 1.54) is 0 Å². The summed E-state index contributed by atoms with van der Waals surface area (Å²) in [7, 11) is 0. The lowest BCUT2D eigenvalue weighted by atomic mass is 9.73. The van der Waals surface area contributed by atoms with Gasteiger partial charge in [-0.2, -0.15) is 8.78 Å². The minimum Gasteiger partial charge on any atom is -0.312 e. The highest BCUT2D eigenvalue weighted by atomic mass is 35.5. The van der Waals surface area contributed by atoms with Crippen molar-refractivity contribution in [2.45, 2.75) is 64.1 Å². The Hall–Kier alpha value is -1.59. The molecule has 2 aliphatic rings. The Morgan fingerprint density at radius 2 is 1.83 bits per heavy atom. The zero-order chi connectivity index (χ0) is 21.5. The Morgan fingerprint density at radius 1 is 1.10 bits per heavy atom. The van der Waals surface area contributed by atoms with E-state index >= 15 is 4.39 Å². The molecule has 0 N–H and O–H groups in total. The molecule has 1 fully saturated rings. The van der Waals surface area contributed by atoms with Crippen molar-refractivity contribution in [3.8, 4) is 11.1 Å². The molecule has 2 aromatic rings. The van der Waals surface area contributed by atoms with Crippen LogP contribution in [0.1, 0.15) is 62.7 Å². The molecule has 1 nitrogen and oxygen atoms in total. The number of hydrogen-bond donors (Lipinski definition) is 0. The normalized spacial score (nSPS) is 24.9. The van der Waals surface area contributed by atoms with Crippen LogP contribution in [0.5, 0.6) is 0 Å². The van der Waals surface area contributed by atoms with Crippen LogP contribution in [-0.4, -0.2) is 6.11 Å². The maximum atomic E-state index is 15.2. The van der Waals surface area contributed by atoms with Gasteiger partial charge < -0.3 is 4.74 Å². The van der Waals surface area contributed by atoms with E-state index in [1.807, 2.05) is 6.92 Å². The van der Waals surface area contributed by atoms with E-state index in [0.29, 0.717) is 35.4 Å². The van der Waals surface area contributed by atoms with Crippen LogP contribution in [0.15, 0.2) is 30.3 Å². The van der Waals surface area contributed by atoms with Crippen LogP contribution in [-0.2, 0) is 11.2 Å². The maximum absolute atomic E-state index is 15.2. The summed E-state index contributed by atoms with van der Waals surface area (Å²) in [6.45, 7) is 2.03. The van der Waals surface area contributed by atoms with Crippen LogP contribution in [0.4, 0.5) is 17.6 Å². The Bertz CT molecular complexity index is 912. The smallest absolute Gasteiger partial charge is 0.312 e. The molecule has 6 heteroatoms. The van der Waals surface area contributed by atoms with Crippen LogP contribution in [0.25, 0.3) is 11.1 Å². The van der Waals surface area contributed by atoms with Gasteiger partial charge in [0, 0.05) is 16.1 Å². The molecular formula is C24H25ClF4O. The Kier molecular flexibility index (Phi) is 6.13. The first-order chi connectivity index (χ1) is 14.3. The number of benzene rings is 2. The van der Waals surface area contributed by atoms with Crippen molar-refractivity contribution in [1.82, 2.24) is 0 Å². The summed E-state index contributed by atoms with van der Waals surface area (Å²) < 4.78 is 64.7. The van der Waals surface area contributed by atoms with Crippen LogP contribution in [0.3, 0.4) is 0 Å². The fourth-order valence-electron chi connectivity index (χ4n) is 4.87. The quantitative estimate of drug-likeness (QED) is 0.337. The SMILES string of the molecule is CCCCCC1CC2CCc3cc(-c4ccc(Cl)cc4)c(F)c(F)c3C2OC1(F)F. The van der Waals surface area contributed by atoms with Crippen molar-refractivity contribution in [2.75, 3.05) is 0 Å². The summed E-state index contributed by atoms with van der Waals surface area (Å²) >= 11 is 5.88. The second-order valence-electron chi connectivity index (χ2n) is 8.46. The molecule has 3 atom stereocenters. The number of alkyl halides is 2. The highest BCUT2D eigenvalue weighted by Crippen LogP contribution is 2.53. The van der Waals surface area contributed by atoms with Gasteiger partial charge in [0.05, 0.1) is 12.0 Å². The van der Waals surface area contributed by atoms with Gasteiger partial charge >= 0.3 is 6.11 Å². The van der Waals surface area contributed by atoms with Gasteiger partial charge in [-0.3, -0.25) is 0 Å². The van der Waals surface area contributed by atoms with Crippen molar-refractivity contribution in [1.29, 1.82) is 0 Å². The van der Waals surface area contributed by atoms with E-state index in [9.17, 15) is 13.2 Å². The van der Waals surface area contributed by atoms with Gasteiger partial charge in [0.1, 0.15) is 0 Å². The lowest BCUT2D eigenvalue weighted by Gasteiger charge is -2.44. The summed E-state index contributed by atoms with van der Waals surface area (Å²) in [5.41, 5.74) is 1.11. The molecule has 2 aromatic carbocycles. The second kappa shape index (κ2) is 8.51. The predicted molar refractivity (Wildman–Crippen MR) is 110 cm³/mol. The summed E-state index contributed by atoms with van der Waals surface area (Å²) in [4.78, 5) is 0. The van der Waals surface area contributed by atoms with E-state index in [-0.39, 0.29) is 23.5 Å². The summed E-state index contributed by atoms with van der Waals surface area (Å²) in [5.74, 6) is -3.20. The number of ether oxygens (including phenoxy) is 1. The fourth-order valence-corrected chi connectivity index (χ4v) is 4.99. The first-order valence-corrected chi connectivity index (χ1v) is 11.0. The zero-order valence-electron chi connectivity index (χ0n) is 16.9. The largest absolute Gasteiger partial charge is 0.359 e. The van der Waals surface area contributed by atoms with Gasteiger partial charge in [0.2, 0.25) is 0 Å². The monoisotopic (exact) mass is 440 g/mol. The summed E-state index contributed by atoms with van der Waals surface area (Å²) in [6, 6.07) is 8.01. The molecule has 0 amide bonds. The van der Waals surface area contributed by atoms with Crippen LogP contribution >= 0.6 is 11.6 Å². The molecule has 0 spiro atoms. The number of unbranched alkanes of at least 4 members (excludes halogenated alkanes) is 2. The van der Waals surface area contributed by atoms with E-state index < -0.39 is 29.8 Å². The topological polar surface area (TPSA) is 9.23 Å². The summed E-state index contributed by atoms with van der Waals surface area (Å²) in [5, 5.41) is 0.492. The van der Waals surface area contributed by atoms with Gasteiger partial charge in [0.25, 0.3) is 0 Å². The van der Waals surface area contributed by atoms with Crippen LogP contribution in [0, 0.1) is 23.5 Å². The zero-order valence-corrected chi connectivity index (χ0v) is 17.6. The van der Waals surface area contributed by atoms with Gasteiger partial charge in [0.15, 0.2) is 11.6 Å². The van der Waals surface area contributed by atoms with E-state index in [1.54, 1.807) is 30.3 Å². The third-order valence-corrected chi connectivity index (χ3v) is 6.74. The third kappa shape index (κ3) is 3.99. The Labute approximate surface area is 179 Å². The number of fused-ring (bicyclic) bond motifs is 3. The number of hydrogen-bond acceptors (Lipinski definition) is 1. The number of aryl methyl sites for hydroxylation is 1. The molecule has 0 bridgehead atoms. The minimum absolute atomic E-state index is 0.0341. The molecule has 1 aliphatic carbocycles. The van der Waals surface area contributed by atoms with Gasteiger partial charge in [-0.05, 0) is 60.9 Å². The van der Waals surface area contributed by atoms with Crippen molar-refractivity contribution in [3.05, 3.63) is 58.1 Å². The van der Waals surface area contributed by atoms with Gasteiger partial charge in [-0.1, -0.05) is 49.9 Å². The van der Waals surface area contributed by atoms with E-state index in [2.05, 4.69) is 0 Å². The van der Waals surface area contributed by atoms with Gasteiger partial charge in [-0.15, -0.1) is 0 Å². The van der Waals surface area contributed by atoms with Crippen molar-refractivity contribution < 1.29 is 22.3 Å². The molecule has 0 saturated carbocycles. The fraction of sp³-hybridized carbons (Fsp3) is 0.500. The van der Waals surface area contributed by atoms with E-state index in [4.69, 9.17) is 16.3 Å². The average molecular weight is 441 g/mol.